The van der Waals surface area contributed by atoms with Gasteiger partial charge in [-0.15, -0.1) is 0 Å². The highest BCUT2D eigenvalue weighted by atomic mass is 32.1. The summed E-state index contributed by atoms with van der Waals surface area (Å²) in [7, 11) is 0. The maximum atomic E-state index is 6.09. The number of nitrogens with two attached hydrogens (primary N) is 1. The van der Waals surface area contributed by atoms with Crippen LogP contribution >= 0.6 is 25.3 Å². The third-order valence-electron chi connectivity index (χ3n) is 2.98. The van der Waals surface area contributed by atoms with Crippen LogP contribution in [0.3, 0.4) is 0 Å². The Morgan fingerprint density at radius 3 is 2.05 bits per heavy atom. The lowest BCUT2D eigenvalue weighted by molar-refractivity contribution is 0.476. The highest BCUT2D eigenvalue weighted by Gasteiger charge is 2.15. The van der Waals surface area contributed by atoms with Gasteiger partial charge < -0.3 is 16.4 Å². The molecule has 1 unspecified atom stereocenters. The van der Waals surface area contributed by atoms with E-state index in [-0.39, 0.29) is 15.5 Å². The van der Waals surface area contributed by atoms with E-state index < -0.39 is 0 Å². The lowest BCUT2D eigenvalue weighted by atomic mass is 9.99. The molecule has 0 aromatic rings. The van der Waals surface area contributed by atoms with E-state index in [9.17, 15) is 0 Å². The molecule has 0 saturated carbocycles. The van der Waals surface area contributed by atoms with Gasteiger partial charge in [0.25, 0.3) is 0 Å². The predicted molar refractivity (Wildman–Crippen MR) is 98.3 cm³/mol. The zero-order chi connectivity index (χ0) is 15.6. The molecule has 3 nitrogen and oxygen atoms in total. The number of rotatable bonds is 12. The van der Waals surface area contributed by atoms with Crippen molar-refractivity contribution in [3.05, 3.63) is 0 Å². The van der Waals surface area contributed by atoms with Crippen molar-refractivity contribution >= 4 is 25.3 Å². The first-order chi connectivity index (χ1) is 9.10. The molecule has 20 heavy (non-hydrogen) atoms. The van der Waals surface area contributed by atoms with Crippen molar-refractivity contribution in [1.29, 1.82) is 0 Å². The SMILES string of the molecule is CC(C)(S)CNCCNCCCCC(N)CC(C)(C)S. The van der Waals surface area contributed by atoms with Crippen LogP contribution in [0, 0.1) is 0 Å². The number of hydrogen-bond donors (Lipinski definition) is 5. The molecule has 122 valence electrons. The molecule has 0 bridgehead atoms. The predicted octanol–water partition coefficient (Wildman–Crippen LogP) is 2.47. The van der Waals surface area contributed by atoms with Gasteiger partial charge >= 0.3 is 0 Å². The van der Waals surface area contributed by atoms with Crippen LogP contribution in [0.1, 0.15) is 53.4 Å². The fraction of sp³-hybridized carbons (Fsp3) is 1.00. The van der Waals surface area contributed by atoms with Gasteiger partial charge in [0.15, 0.2) is 0 Å². The molecule has 0 saturated heterocycles. The van der Waals surface area contributed by atoms with E-state index >= 15 is 0 Å². The Morgan fingerprint density at radius 1 is 0.900 bits per heavy atom. The number of thiol groups is 2. The van der Waals surface area contributed by atoms with Crippen molar-refractivity contribution in [2.24, 2.45) is 5.73 Å². The van der Waals surface area contributed by atoms with Crippen LogP contribution in [0.25, 0.3) is 0 Å². The largest absolute Gasteiger partial charge is 0.328 e. The van der Waals surface area contributed by atoms with Crippen molar-refractivity contribution in [2.75, 3.05) is 26.2 Å². The molecule has 0 amide bonds. The fourth-order valence-corrected chi connectivity index (χ4v) is 2.44. The third-order valence-corrected chi connectivity index (χ3v) is 3.32. The zero-order valence-electron chi connectivity index (χ0n) is 13.7. The Balaban J connectivity index is 3.29. The van der Waals surface area contributed by atoms with Crippen LogP contribution in [-0.4, -0.2) is 41.7 Å². The van der Waals surface area contributed by atoms with Crippen LogP contribution in [0.2, 0.25) is 0 Å². The quantitative estimate of drug-likeness (QED) is 0.283. The molecule has 0 fully saturated rings. The summed E-state index contributed by atoms with van der Waals surface area (Å²) >= 11 is 8.99. The molecule has 5 heteroatoms. The van der Waals surface area contributed by atoms with E-state index in [1.807, 2.05) is 0 Å². The summed E-state index contributed by atoms with van der Waals surface area (Å²) in [5.41, 5.74) is 6.09. The zero-order valence-corrected chi connectivity index (χ0v) is 15.5. The lowest BCUT2D eigenvalue weighted by Gasteiger charge is -2.22. The van der Waals surface area contributed by atoms with E-state index in [2.05, 4.69) is 63.6 Å². The summed E-state index contributed by atoms with van der Waals surface area (Å²) in [4.78, 5) is 0. The molecule has 0 radical (unpaired) electrons. The monoisotopic (exact) mass is 321 g/mol. The van der Waals surface area contributed by atoms with E-state index in [1.165, 1.54) is 12.8 Å². The summed E-state index contributed by atoms with van der Waals surface area (Å²) < 4.78 is 0.112. The minimum absolute atomic E-state index is 0.0457. The van der Waals surface area contributed by atoms with Gasteiger partial charge in [0.2, 0.25) is 0 Å². The summed E-state index contributed by atoms with van der Waals surface area (Å²) in [6, 6.07) is 0.279. The van der Waals surface area contributed by atoms with Crippen molar-refractivity contribution < 1.29 is 0 Å². The van der Waals surface area contributed by atoms with Gasteiger partial charge in [0.05, 0.1) is 0 Å². The Kier molecular flexibility index (Phi) is 10.6. The first-order valence-electron chi connectivity index (χ1n) is 7.72. The van der Waals surface area contributed by atoms with E-state index in [4.69, 9.17) is 5.73 Å². The van der Waals surface area contributed by atoms with E-state index in [1.54, 1.807) is 0 Å². The summed E-state index contributed by atoms with van der Waals surface area (Å²) in [5, 5.41) is 6.84. The van der Waals surface area contributed by atoms with Crippen LogP contribution in [0.4, 0.5) is 0 Å². The molecule has 0 aliphatic heterocycles. The number of nitrogens with one attached hydrogen (secondary N) is 2. The molecule has 1 atom stereocenters. The topological polar surface area (TPSA) is 50.1 Å². The van der Waals surface area contributed by atoms with Gasteiger partial charge in [0.1, 0.15) is 0 Å². The normalized spacial score (nSPS) is 14.6. The van der Waals surface area contributed by atoms with Crippen LogP contribution < -0.4 is 16.4 Å². The van der Waals surface area contributed by atoms with Gasteiger partial charge in [-0.2, -0.15) is 25.3 Å². The average molecular weight is 322 g/mol. The first kappa shape index (κ1) is 20.6. The van der Waals surface area contributed by atoms with E-state index in [0.717, 1.165) is 39.0 Å². The van der Waals surface area contributed by atoms with Gasteiger partial charge in [-0.3, -0.25) is 0 Å². The maximum absolute atomic E-state index is 6.09. The standard InChI is InChI=1S/C15H35N3S2/c1-14(2,19)11-13(16)7-5-6-8-17-9-10-18-12-15(3,4)20/h13,17-20H,5-12,16H2,1-4H3. The van der Waals surface area contributed by atoms with E-state index in [0.29, 0.717) is 0 Å². The minimum Gasteiger partial charge on any atom is -0.328 e. The highest BCUT2D eigenvalue weighted by molar-refractivity contribution is 7.82. The van der Waals surface area contributed by atoms with Gasteiger partial charge in [0, 0.05) is 35.2 Å². The molecule has 0 aliphatic carbocycles. The van der Waals surface area contributed by atoms with Crippen molar-refractivity contribution in [2.45, 2.75) is 68.9 Å². The fourth-order valence-electron chi connectivity index (χ4n) is 2.10. The van der Waals surface area contributed by atoms with Crippen LogP contribution in [0.15, 0.2) is 0 Å². The molecule has 0 aromatic heterocycles. The summed E-state index contributed by atoms with van der Waals surface area (Å²) in [6.07, 6.45) is 4.46. The average Bonchev–Trinajstić information content (AvgIpc) is 2.22. The second-order valence-corrected chi connectivity index (χ2v) is 9.43. The molecule has 0 heterocycles. The molecule has 0 rings (SSSR count). The first-order valence-corrected chi connectivity index (χ1v) is 8.61. The molecule has 4 N–H and O–H groups in total. The summed E-state index contributed by atoms with van der Waals surface area (Å²) in [5.74, 6) is 0. The number of unbranched alkanes of at least 4 members (excludes halogenated alkanes) is 1. The molecule has 0 aromatic carbocycles. The molecule has 0 spiro atoms. The van der Waals surface area contributed by atoms with Gasteiger partial charge in [-0.1, -0.05) is 20.3 Å². The van der Waals surface area contributed by atoms with Crippen molar-refractivity contribution in [3.63, 3.8) is 0 Å². The van der Waals surface area contributed by atoms with Gasteiger partial charge in [-0.05, 0) is 39.7 Å². The molecular formula is C15H35N3S2. The maximum Gasteiger partial charge on any atom is 0.0198 e. The summed E-state index contributed by atoms with van der Waals surface area (Å²) in [6.45, 7) is 12.5. The number of hydrogen-bond acceptors (Lipinski definition) is 5. The second kappa shape index (κ2) is 10.3. The Bertz CT molecular complexity index is 234. The van der Waals surface area contributed by atoms with Crippen molar-refractivity contribution in [3.8, 4) is 0 Å². The highest BCUT2D eigenvalue weighted by Crippen LogP contribution is 2.20. The lowest BCUT2D eigenvalue weighted by Crippen LogP contribution is -2.35. The second-order valence-electron chi connectivity index (χ2n) is 7.01. The third kappa shape index (κ3) is 16.6. The van der Waals surface area contributed by atoms with Crippen molar-refractivity contribution in [1.82, 2.24) is 10.6 Å². The van der Waals surface area contributed by atoms with Crippen LogP contribution in [-0.2, 0) is 0 Å². The molecular weight excluding hydrogens is 286 g/mol. The molecule has 0 aliphatic rings. The smallest absolute Gasteiger partial charge is 0.0198 e. The minimum atomic E-state index is 0.0457. The Hall–Kier alpha value is 0.580. The van der Waals surface area contributed by atoms with Gasteiger partial charge in [-0.25, -0.2) is 0 Å². The Morgan fingerprint density at radius 2 is 1.50 bits per heavy atom. The van der Waals surface area contributed by atoms with Crippen LogP contribution in [0.5, 0.6) is 0 Å². The Labute approximate surface area is 137 Å².